The van der Waals surface area contributed by atoms with Crippen molar-refractivity contribution in [3.05, 3.63) is 28.6 Å². The van der Waals surface area contributed by atoms with Crippen molar-refractivity contribution in [2.75, 3.05) is 6.54 Å². The van der Waals surface area contributed by atoms with Gasteiger partial charge in [-0.15, -0.1) is 0 Å². The van der Waals surface area contributed by atoms with Crippen molar-refractivity contribution in [2.24, 2.45) is 0 Å². The van der Waals surface area contributed by atoms with Crippen LogP contribution in [-0.4, -0.2) is 34.2 Å². The summed E-state index contributed by atoms with van der Waals surface area (Å²) in [7, 11) is 0. The number of fused-ring (bicyclic) bond motifs is 1. The van der Waals surface area contributed by atoms with Gasteiger partial charge in [0.15, 0.2) is 0 Å². The fourth-order valence-electron chi connectivity index (χ4n) is 2.79. The Bertz CT molecular complexity index is 626. The van der Waals surface area contributed by atoms with Crippen LogP contribution in [0.25, 0.3) is 0 Å². The minimum atomic E-state index is -0.501. The summed E-state index contributed by atoms with van der Waals surface area (Å²) in [5.74, 6) is 0. The molecule has 1 unspecified atom stereocenters. The second-order valence-electron chi connectivity index (χ2n) is 6.67. The van der Waals surface area contributed by atoms with Crippen LogP contribution in [0.2, 0.25) is 0 Å². The molecule has 0 N–H and O–H groups in total. The van der Waals surface area contributed by atoms with Gasteiger partial charge in [0, 0.05) is 24.7 Å². The number of nitrogens with zero attached hydrogens (tertiary/aromatic N) is 3. The van der Waals surface area contributed by atoms with Crippen LogP contribution in [0.4, 0.5) is 4.79 Å². The zero-order chi connectivity index (χ0) is 16.5. The van der Waals surface area contributed by atoms with Crippen molar-refractivity contribution >= 4 is 6.09 Å². The van der Waals surface area contributed by atoms with E-state index in [4.69, 9.17) is 10.00 Å². The number of likely N-dealkylation sites (N-methyl/N-ethyl adjacent to an activating group) is 1. The number of aromatic nitrogens is 1. The molecule has 0 bridgehead atoms. The van der Waals surface area contributed by atoms with Crippen LogP contribution in [0, 0.1) is 18.3 Å². The molecule has 22 heavy (non-hydrogen) atoms. The van der Waals surface area contributed by atoms with Crippen LogP contribution in [0.15, 0.2) is 6.07 Å². The SMILES string of the molecule is CCN(C(=O)OC(C)(C)C)C1Cc2cc(C#N)c(C)nc2C1. The first-order chi connectivity index (χ1) is 10.2. The van der Waals surface area contributed by atoms with E-state index in [-0.39, 0.29) is 12.1 Å². The standard InChI is InChI=1S/C17H23N3O2/c1-6-20(16(21)22-17(3,4)5)14-8-12-7-13(10-18)11(2)19-15(12)9-14/h7,14H,6,8-9H2,1-5H3. The minimum absolute atomic E-state index is 0.0516. The zero-order valence-corrected chi connectivity index (χ0v) is 13.9. The fraction of sp³-hybridized carbons (Fsp3) is 0.588. The lowest BCUT2D eigenvalue weighted by Gasteiger charge is -2.30. The van der Waals surface area contributed by atoms with Crippen molar-refractivity contribution < 1.29 is 9.53 Å². The Labute approximate surface area is 131 Å². The van der Waals surface area contributed by atoms with E-state index in [1.807, 2.05) is 40.7 Å². The van der Waals surface area contributed by atoms with Gasteiger partial charge in [0.2, 0.25) is 0 Å². The Hall–Kier alpha value is -2.09. The van der Waals surface area contributed by atoms with Gasteiger partial charge < -0.3 is 9.64 Å². The van der Waals surface area contributed by atoms with Gasteiger partial charge in [-0.2, -0.15) is 5.26 Å². The van der Waals surface area contributed by atoms with E-state index < -0.39 is 5.60 Å². The largest absolute Gasteiger partial charge is 0.444 e. The third-order valence-corrected chi connectivity index (χ3v) is 3.80. The lowest BCUT2D eigenvalue weighted by Crippen LogP contribution is -2.43. The number of hydrogen-bond donors (Lipinski definition) is 0. The number of rotatable bonds is 2. The number of amides is 1. The lowest BCUT2D eigenvalue weighted by molar-refractivity contribution is 0.0181. The highest BCUT2D eigenvalue weighted by Crippen LogP contribution is 2.27. The van der Waals surface area contributed by atoms with Gasteiger partial charge in [-0.3, -0.25) is 4.98 Å². The van der Waals surface area contributed by atoms with Crippen molar-refractivity contribution in [1.29, 1.82) is 5.26 Å². The number of pyridine rings is 1. The molecule has 5 heteroatoms. The Morgan fingerprint density at radius 1 is 1.50 bits per heavy atom. The molecule has 5 nitrogen and oxygen atoms in total. The van der Waals surface area contributed by atoms with Crippen LogP contribution in [-0.2, 0) is 17.6 Å². The highest BCUT2D eigenvalue weighted by atomic mass is 16.6. The van der Waals surface area contributed by atoms with Crippen LogP contribution < -0.4 is 0 Å². The maximum absolute atomic E-state index is 12.3. The number of hydrogen-bond acceptors (Lipinski definition) is 4. The number of carbonyl (C=O) groups is 1. The van der Waals surface area contributed by atoms with E-state index in [0.29, 0.717) is 12.1 Å². The summed E-state index contributed by atoms with van der Waals surface area (Å²) in [6.45, 7) is 9.99. The topological polar surface area (TPSA) is 66.2 Å². The maximum atomic E-state index is 12.3. The van der Waals surface area contributed by atoms with Crippen LogP contribution in [0.1, 0.15) is 50.2 Å². The average molecular weight is 301 g/mol. The van der Waals surface area contributed by atoms with E-state index >= 15 is 0 Å². The first-order valence-electron chi connectivity index (χ1n) is 7.64. The van der Waals surface area contributed by atoms with E-state index in [2.05, 4.69) is 11.1 Å². The van der Waals surface area contributed by atoms with Crippen molar-refractivity contribution in [3.63, 3.8) is 0 Å². The van der Waals surface area contributed by atoms with Gasteiger partial charge in [0.1, 0.15) is 11.7 Å². The third-order valence-electron chi connectivity index (χ3n) is 3.80. The summed E-state index contributed by atoms with van der Waals surface area (Å²) in [6.07, 6.45) is 1.16. The number of nitriles is 1. The lowest BCUT2D eigenvalue weighted by atomic mass is 10.1. The summed E-state index contributed by atoms with van der Waals surface area (Å²) in [5, 5.41) is 9.11. The van der Waals surface area contributed by atoms with E-state index in [1.165, 1.54) is 0 Å². The smallest absolute Gasteiger partial charge is 0.410 e. The number of ether oxygens (including phenoxy) is 1. The molecule has 2 rings (SSSR count). The normalized spacial score (nSPS) is 16.8. The highest BCUT2D eigenvalue weighted by Gasteiger charge is 2.33. The quantitative estimate of drug-likeness (QED) is 0.842. The molecule has 1 aromatic rings. The fourth-order valence-corrected chi connectivity index (χ4v) is 2.79. The van der Waals surface area contributed by atoms with Crippen molar-refractivity contribution in [3.8, 4) is 6.07 Å². The molecule has 1 heterocycles. The number of aryl methyl sites for hydroxylation is 1. The molecule has 0 radical (unpaired) electrons. The first kappa shape index (κ1) is 16.3. The second kappa shape index (κ2) is 5.96. The molecule has 0 aliphatic heterocycles. The summed E-state index contributed by atoms with van der Waals surface area (Å²) >= 11 is 0. The molecule has 0 spiro atoms. The predicted molar refractivity (Wildman–Crippen MR) is 83.5 cm³/mol. The third kappa shape index (κ3) is 3.38. The average Bonchev–Trinajstić information content (AvgIpc) is 2.78. The van der Waals surface area contributed by atoms with E-state index in [9.17, 15) is 4.79 Å². The monoisotopic (exact) mass is 301 g/mol. The van der Waals surface area contributed by atoms with Crippen LogP contribution >= 0.6 is 0 Å². The zero-order valence-electron chi connectivity index (χ0n) is 13.9. The van der Waals surface area contributed by atoms with Gasteiger partial charge in [-0.25, -0.2) is 4.79 Å². The maximum Gasteiger partial charge on any atom is 0.410 e. The van der Waals surface area contributed by atoms with Crippen LogP contribution in [0.3, 0.4) is 0 Å². The first-order valence-corrected chi connectivity index (χ1v) is 7.64. The summed E-state index contributed by atoms with van der Waals surface area (Å²) in [4.78, 5) is 18.6. The molecule has 1 amide bonds. The van der Waals surface area contributed by atoms with Gasteiger partial charge in [0.05, 0.1) is 11.3 Å². The molecule has 1 aliphatic carbocycles. The van der Waals surface area contributed by atoms with Gasteiger partial charge >= 0.3 is 6.09 Å². The Morgan fingerprint density at radius 2 is 2.18 bits per heavy atom. The van der Waals surface area contributed by atoms with E-state index in [0.717, 1.165) is 29.8 Å². The molecule has 0 aromatic carbocycles. The van der Waals surface area contributed by atoms with Gasteiger partial charge in [0.25, 0.3) is 0 Å². The highest BCUT2D eigenvalue weighted by molar-refractivity contribution is 5.69. The molecule has 0 fully saturated rings. The molecule has 0 saturated heterocycles. The predicted octanol–water partition coefficient (Wildman–Crippen LogP) is 2.99. The molecule has 118 valence electrons. The van der Waals surface area contributed by atoms with E-state index in [1.54, 1.807) is 4.90 Å². The summed E-state index contributed by atoms with van der Waals surface area (Å²) in [5.41, 5.74) is 2.92. The minimum Gasteiger partial charge on any atom is -0.444 e. The summed E-state index contributed by atoms with van der Waals surface area (Å²) in [6, 6.07) is 4.12. The van der Waals surface area contributed by atoms with Crippen molar-refractivity contribution in [2.45, 2.75) is 59.1 Å². The molecule has 1 aliphatic rings. The van der Waals surface area contributed by atoms with Gasteiger partial charge in [-0.1, -0.05) is 0 Å². The van der Waals surface area contributed by atoms with Gasteiger partial charge in [-0.05, 0) is 52.7 Å². The molecule has 1 aromatic heterocycles. The van der Waals surface area contributed by atoms with Crippen molar-refractivity contribution in [1.82, 2.24) is 9.88 Å². The second-order valence-corrected chi connectivity index (χ2v) is 6.67. The Balaban J connectivity index is 2.18. The molecular weight excluding hydrogens is 278 g/mol. The summed E-state index contributed by atoms with van der Waals surface area (Å²) < 4.78 is 5.48. The molecular formula is C17H23N3O2. The number of carbonyl (C=O) groups excluding carboxylic acids is 1. The Kier molecular flexibility index (Phi) is 4.41. The Morgan fingerprint density at radius 3 is 2.73 bits per heavy atom. The van der Waals surface area contributed by atoms with Crippen LogP contribution in [0.5, 0.6) is 0 Å². The molecule has 1 atom stereocenters. The molecule has 0 saturated carbocycles.